The van der Waals surface area contributed by atoms with E-state index in [1.807, 2.05) is 0 Å². The number of rotatable bonds is 5. The zero-order valence-corrected chi connectivity index (χ0v) is 10.6. The van der Waals surface area contributed by atoms with E-state index in [4.69, 9.17) is 5.11 Å². The second kappa shape index (κ2) is 6.72. The lowest BCUT2D eigenvalue weighted by molar-refractivity contribution is -0.139. The normalized spacial score (nSPS) is 11.5. The lowest BCUT2D eigenvalue weighted by Gasteiger charge is -2.21. The number of amides is 3. The molecule has 98 valence electrons. The number of hydrogen-bond acceptors (Lipinski definition) is 3. The molecule has 7 heteroatoms. The van der Waals surface area contributed by atoms with Crippen LogP contribution in [0.5, 0.6) is 0 Å². The number of aliphatic carboxylic acids is 1. The van der Waals surface area contributed by atoms with Crippen LogP contribution in [0.1, 0.15) is 13.3 Å². The fraction of sp³-hybridized carbons (Fsp3) is 0.700. The van der Waals surface area contributed by atoms with Gasteiger partial charge in [-0.25, -0.2) is 9.59 Å². The standard InChI is InChI=1S/C10H19N3O4/c1-5-7(9(15)16)11-10(17)13(4)6-8(14)12(2)3/h7H,5-6H2,1-4H3,(H,11,17)(H,15,16)/t7-/m0/s1. The van der Waals surface area contributed by atoms with E-state index >= 15 is 0 Å². The van der Waals surface area contributed by atoms with E-state index in [0.717, 1.165) is 4.90 Å². The maximum Gasteiger partial charge on any atom is 0.326 e. The van der Waals surface area contributed by atoms with Crippen molar-refractivity contribution in [1.29, 1.82) is 0 Å². The van der Waals surface area contributed by atoms with Gasteiger partial charge < -0.3 is 20.2 Å². The average molecular weight is 245 g/mol. The molecular formula is C10H19N3O4. The first-order chi connectivity index (χ1) is 7.79. The third-order valence-corrected chi connectivity index (χ3v) is 2.22. The van der Waals surface area contributed by atoms with Gasteiger partial charge in [-0.05, 0) is 6.42 Å². The molecule has 1 atom stereocenters. The predicted octanol–water partition coefficient (Wildman–Crippen LogP) is -0.421. The summed E-state index contributed by atoms with van der Waals surface area (Å²) < 4.78 is 0. The van der Waals surface area contributed by atoms with Crippen LogP contribution in [0.4, 0.5) is 4.79 Å². The Morgan fingerprint density at radius 2 is 1.76 bits per heavy atom. The van der Waals surface area contributed by atoms with E-state index in [1.165, 1.54) is 11.9 Å². The van der Waals surface area contributed by atoms with Crippen molar-refractivity contribution in [2.75, 3.05) is 27.7 Å². The van der Waals surface area contributed by atoms with Gasteiger partial charge in [-0.15, -0.1) is 0 Å². The molecule has 0 aliphatic carbocycles. The van der Waals surface area contributed by atoms with E-state index in [1.54, 1.807) is 21.0 Å². The zero-order valence-electron chi connectivity index (χ0n) is 10.6. The van der Waals surface area contributed by atoms with Crippen LogP contribution in [0.15, 0.2) is 0 Å². The Morgan fingerprint density at radius 3 is 2.12 bits per heavy atom. The molecule has 0 aromatic rings. The van der Waals surface area contributed by atoms with Crippen molar-refractivity contribution in [2.45, 2.75) is 19.4 Å². The summed E-state index contributed by atoms with van der Waals surface area (Å²) in [6, 6.07) is -1.51. The molecule has 0 aromatic heterocycles. The zero-order chi connectivity index (χ0) is 13.6. The first-order valence-corrected chi connectivity index (χ1v) is 5.24. The maximum absolute atomic E-state index is 11.6. The summed E-state index contributed by atoms with van der Waals surface area (Å²) in [4.78, 5) is 36.1. The summed E-state index contributed by atoms with van der Waals surface area (Å²) in [7, 11) is 4.60. The lowest BCUT2D eigenvalue weighted by Crippen LogP contribution is -2.48. The largest absolute Gasteiger partial charge is 0.480 e. The number of likely N-dealkylation sites (N-methyl/N-ethyl adjacent to an activating group) is 2. The summed E-state index contributed by atoms with van der Waals surface area (Å²) in [6.07, 6.45) is 0.288. The highest BCUT2D eigenvalue weighted by molar-refractivity contribution is 5.86. The Kier molecular flexibility index (Phi) is 6.01. The van der Waals surface area contributed by atoms with Crippen LogP contribution in [-0.2, 0) is 9.59 Å². The van der Waals surface area contributed by atoms with Crippen molar-refractivity contribution in [1.82, 2.24) is 15.1 Å². The van der Waals surface area contributed by atoms with E-state index < -0.39 is 18.0 Å². The van der Waals surface area contributed by atoms with Crippen molar-refractivity contribution in [3.63, 3.8) is 0 Å². The van der Waals surface area contributed by atoms with Crippen LogP contribution in [0, 0.1) is 0 Å². The molecule has 3 amide bonds. The lowest BCUT2D eigenvalue weighted by atomic mass is 10.2. The van der Waals surface area contributed by atoms with Gasteiger partial charge in [0.05, 0.1) is 0 Å². The Hall–Kier alpha value is -1.79. The van der Waals surface area contributed by atoms with Gasteiger partial charge >= 0.3 is 12.0 Å². The number of carbonyl (C=O) groups is 3. The molecule has 7 nitrogen and oxygen atoms in total. The molecule has 0 unspecified atom stereocenters. The van der Waals surface area contributed by atoms with Crippen LogP contribution in [0.25, 0.3) is 0 Å². The minimum Gasteiger partial charge on any atom is -0.480 e. The Balaban J connectivity index is 4.31. The minimum absolute atomic E-state index is 0.0884. The molecule has 0 radical (unpaired) electrons. The molecule has 0 heterocycles. The van der Waals surface area contributed by atoms with Gasteiger partial charge in [-0.3, -0.25) is 4.79 Å². The molecule has 0 fully saturated rings. The SMILES string of the molecule is CC[C@H](NC(=O)N(C)CC(=O)N(C)C)C(=O)O. The van der Waals surface area contributed by atoms with Crippen LogP contribution in [-0.4, -0.2) is 66.5 Å². The van der Waals surface area contributed by atoms with Crippen LogP contribution in [0.3, 0.4) is 0 Å². The minimum atomic E-state index is -1.09. The highest BCUT2D eigenvalue weighted by Crippen LogP contribution is 1.94. The third-order valence-electron chi connectivity index (χ3n) is 2.22. The van der Waals surface area contributed by atoms with Gasteiger partial charge in [0.15, 0.2) is 0 Å². The topological polar surface area (TPSA) is 90.0 Å². The molecule has 0 saturated heterocycles. The van der Waals surface area contributed by atoms with Crippen molar-refractivity contribution < 1.29 is 19.5 Å². The maximum atomic E-state index is 11.6. The highest BCUT2D eigenvalue weighted by Gasteiger charge is 2.21. The predicted molar refractivity (Wildman–Crippen MR) is 61.6 cm³/mol. The van der Waals surface area contributed by atoms with Crippen LogP contribution < -0.4 is 5.32 Å². The average Bonchev–Trinajstić information content (AvgIpc) is 2.24. The van der Waals surface area contributed by atoms with Gasteiger partial charge in [0.1, 0.15) is 12.6 Å². The highest BCUT2D eigenvalue weighted by atomic mass is 16.4. The molecule has 0 aliphatic heterocycles. The molecule has 0 saturated carbocycles. The quantitative estimate of drug-likeness (QED) is 0.688. The fourth-order valence-electron chi connectivity index (χ4n) is 1.01. The third kappa shape index (κ3) is 5.19. The van der Waals surface area contributed by atoms with Crippen molar-refractivity contribution in [3.8, 4) is 0 Å². The van der Waals surface area contributed by atoms with Crippen LogP contribution >= 0.6 is 0 Å². The molecule has 0 rings (SSSR count). The number of nitrogens with zero attached hydrogens (tertiary/aromatic N) is 2. The van der Waals surface area contributed by atoms with Gasteiger partial charge in [0.25, 0.3) is 0 Å². The smallest absolute Gasteiger partial charge is 0.326 e. The van der Waals surface area contributed by atoms with E-state index in [0.29, 0.717) is 0 Å². The van der Waals surface area contributed by atoms with Gasteiger partial charge in [0, 0.05) is 21.1 Å². The van der Waals surface area contributed by atoms with Crippen molar-refractivity contribution in [3.05, 3.63) is 0 Å². The molecule has 17 heavy (non-hydrogen) atoms. The van der Waals surface area contributed by atoms with E-state index in [9.17, 15) is 14.4 Å². The summed E-state index contributed by atoms with van der Waals surface area (Å²) >= 11 is 0. The van der Waals surface area contributed by atoms with Crippen LogP contribution in [0.2, 0.25) is 0 Å². The number of nitrogens with one attached hydrogen (secondary N) is 1. The molecule has 0 spiro atoms. The summed E-state index contributed by atoms with van der Waals surface area (Å²) in [5.74, 6) is -1.32. The summed E-state index contributed by atoms with van der Waals surface area (Å²) in [5, 5.41) is 11.1. The fourth-order valence-corrected chi connectivity index (χ4v) is 1.01. The van der Waals surface area contributed by atoms with Gasteiger partial charge in [-0.1, -0.05) is 6.92 Å². The Labute approximate surface area is 100 Å². The number of carbonyl (C=O) groups excluding carboxylic acids is 2. The molecule has 2 N–H and O–H groups in total. The molecule has 0 bridgehead atoms. The monoisotopic (exact) mass is 245 g/mol. The number of carboxylic acid groups (broad SMARTS) is 1. The Morgan fingerprint density at radius 1 is 1.24 bits per heavy atom. The van der Waals surface area contributed by atoms with Gasteiger partial charge in [0.2, 0.25) is 5.91 Å². The molecule has 0 aromatic carbocycles. The molecule has 0 aliphatic rings. The first kappa shape index (κ1) is 15.2. The molecular weight excluding hydrogens is 226 g/mol. The van der Waals surface area contributed by atoms with Gasteiger partial charge in [-0.2, -0.15) is 0 Å². The second-order valence-electron chi connectivity index (χ2n) is 3.89. The van der Waals surface area contributed by atoms with Crippen molar-refractivity contribution in [2.24, 2.45) is 0 Å². The number of urea groups is 1. The van der Waals surface area contributed by atoms with Crippen molar-refractivity contribution >= 4 is 17.9 Å². The number of carboxylic acids is 1. The first-order valence-electron chi connectivity index (χ1n) is 5.24. The summed E-state index contributed by atoms with van der Waals surface area (Å²) in [5.41, 5.74) is 0. The number of hydrogen-bond donors (Lipinski definition) is 2. The second-order valence-corrected chi connectivity index (χ2v) is 3.89. The van der Waals surface area contributed by atoms with E-state index in [-0.39, 0.29) is 18.9 Å². The Bertz CT molecular complexity index is 304. The van der Waals surface area contributed by atoms with E-state index in [2.05, 4.69) is 5.32 Å². The summed E-state index contributed by atoms with van der Waals surface area (Å²) in [6.45, 7) is 1.57.